The lowest BCUT2D eigenvalue weighted by Gasteiger charge is -2.19. The number of hydrogen-bond donors (Lipinski definition) is 1. The molecule has 0 saturated carbocycles. The van der Waals surface area contributed by atoms with Gasteiger partial charge in [-0.3, -0.25) is 4.90 Å². The van der Waals surface area contributed by atoms with Crippen molar-refractivity contribution in [1.29, 1.82) is 0 Å². The number of halogens is 3. The second-order valence-electron chi connectivity index (χ2n) is 8.48. The molecule has 0 unspecified atom stereocenters. The fraction of sp³-hybridized carbons (Fsp3) is 0.429. The van der Waals surface area contributed by atoms with E-state index < -0.39 is 24.6 Å². The van der Waals surface area contributed by atoms with Gasteiger partial charge in [0, 0.05) is 18.3 Å². The number of benzene rings is 1. The summed E-state index contributed by atoms with van der Waals surface area (Å²) in [6.07, 6.45) is 1.56. The molecule has 1 aliphatic rings. The van der Waals surface area contributed by atoms with Gasteiger partial charge in [-0.1, -0.05) is 11.3 Å². The number of methoxy groups -OCH3 is 1. The van der Waals surface area contributed by atoms with Crippen molar-refractivity contribution in [3.63, 3.8) is 0 Å². The van der Waals surface area contributed by atoms with Crippen LogP contribution in [0.25, 0.3) is 27.7 Å². The van der Waals surface area contributed by atoms with Crippen LogP contribution in [0.1, 0.15) is 24.4 Å². The van der Waals surface area contributed by atoms with Crippen LogP contribution < -0.4 is 10.5 Å². The van der Waals surface area contributed by atoms with Gasteiger partial charge in [0.25, 0.3) is 5.92 Å². The molecule has 12 heteroatoms. The van der Waals surface area contributed by atoms with E-state index in [1.54, 1.807) is 43.3 Å². The highest BCUT2D eigenvalue weighted by molar-refractivity contribution is 5.92. The van der Waals surface area contributed by atoms with Gasteiger partial charge in [0.1, 0.15) is 17.7 Å². The molecule has 2 N–H and O–H groups in total. The summed E-state index contributed by atoms with van der Waals surface area (Å²) in [6.45, 7) is 0.889. The van der Waals surface area contributed by atoms with Crippen LogP contribution in [0, 0.1) is 0 Å². The second kappa shape index (κ2) is 7.58. The lowest BCUT2D eigenvalue weighted by molar-refractivity contribution is -0.00105. The summed E-state index contributed by atoms with van der Waals surface area (Å²) >= 11 is 0. The number of aromatic nitrogens is 6. The Balaban J connectivity index is 1.81. The first-order valence-corrected chi connectivity index (χ1v) is 10.4. The van der Waals surface area contributed by atoms with E-state index in [4.69, 9.17) is 10.5 Å². The van der Waals surface area contributed by atoms with Crippen LogP contribution in [0.2, 0.25) is 0 Å². The Morgan fingerprint density at radius 2 is 2.12 bits per heavy atom. The molecular formula is C21H23F3N8O. The monoisotopic (exact) mass is 460 g/mol. The lowest BCUT2D eigenvalue weighted by Crippen LogP contribution is -2.25. The number of rotatable bonds is 5. The van der Waals surface area contributed by atoms with E-state index in [0.717, 1.165) is 0 Å². The number of nitrogens with two attached hydrogens (primary N) is 1. The van der Waals surface area contributed by atoms with Crippen molar-refractivity contribution >= 4 is 22.5 Å². The van der Waals surface area contributed by atoms with Crippen molar-refractivity contribution in [2.45, 2.75) is 24.8 Å². The molecule has 0 spiro atoms. The number of nitrogen functional groups attached to an aromatic ring is 1. The van der Waals surface area contributed by atoms with E-state index in [1.165, 1.54) is 16.3 Å². The highest BCUT2D eigenvalue weighted by Crippen LogP contribution is 2.46. The van der Waals surface area contributed by atoms with E-state index in [0.29, 0.717) is 33.2 Å². The Bertz CT molecular complexity index is 1350. The van der Waals surface area contributed by atoms with Crippen LogP contribution in [0.5, 0.6) is 5.88 Å². The Morgan fingerprint density at radius 1 is 1.33 bits per heavy atom. The molecule has 1 fully saturated rings. The van der Waals surface area contributed by atoms with E-state index >= 15 is 8.78 Å². The highest BCUT2D eigenvalue weighted by atomic mass is 19.3. The van der Waals surface area contributed by atoms with Crippen LogP contribution in [0.15, 0.2) is 24.4 Å². The molecular weight excluding hydrogens is 437 g/mol. The van der Waals surface area contributed by atoms with Gasteiger partial charge >= 0.3 is 0 Å². The Kier molecular flexibility index (Phi) is 4.92. The van der Waals surface area contributed by atoms with E-state index in [9.17, 15) is 4.39 Å². The summed E-state index contributed by atoms with van der Waals surface area (Å²) in [5.41, 5.74) is 8.93. The van der Waals surface area contributed by atoms with Crippen molar-refractivity contribution < 1.29 is 17.9 Å². The van der Waals surface area contributed by atoms with Gasteiger partial charge in [0.15, 0.2) is 0 Å². The molecule has 5 rings (SSSR count). The molecule has 0 amide bonds. The van der Waals surface area contributed by atoms with Gasteiger partial charge in [0.05, 0.1) is 31.1 Å². The zero-order valence-corrected chi connectivity index (χ0v) is 18.3. The molecule has 4 aromatic rings. The summed E-state index contributed by atoms with van der Waals surface area (Å²) in [5.74, 6) is -3.90. The standard InChI is InChI=1S/C21H23F3N8O/c1-11(7-22)32-16-6-12(4-5-15(16)27-29-32)17-13(14-9-30(2)10-21(14,23)24)8-31-18(17)19(33-3)26-20(25)28-31/h4-6,8,11,14H,7,9-10H2,1-3H3,(H2,25,28)/t11-,14-/m0/s1. The largest absolute Gasteiger partial charge is 0.479 e. The number of nitrogens with zero attached hydrogens (tertiary/aromatic N) is 7. The van der Waals surface area contributed by atoms with Gasteiger partial charge in [-0.2, -0.15) is 4.98 Å². The average Bonchev–Trinajstić information content (AvgIpc) is 3.43. The van der Waals surface area contributed by atoms with E-state index in [1.807, 2.05) is 0 Å². The average molecular weight is 460 g/mol. The Hall–Kier alpha value is -3.41. The molecule has 1 aliphatic heterocycles. The predicted molar refractivity (Wildman–Crippen MR) is 116 cm³/mol. The minimum absolute atomic E-state index is 0.0442. The zero-order chi connectivity index (χ0) is 23.5. The van der Waals surface area contributed by atoms with Gasteiger partial charge in [-0.05, 0) is 37.2 Å². The first-order valence-electron chi connectivity index (χ1n) is 10.4. The minimum atomic E-state index is -2.95. The summed E-state index contributed by atoms with van der Waals surface area (Å²) < 4.78 is 51.8. The minimum Gasteiger partial charge on any atom is -0.479 e. The third-order valence-electron chi connectivity index (χ3n) is 6.10. The second-order valence-corrected chi connectivity index (χ2v) is 8.48. The Morgan fingerprint density at radius 3 is 2.79 bits per heavy atom. The molecule has 4 heterocycles. The molecule has 0 bridgehead atoms. The molecule has 1 aromatic carbocycles. The SMILES string of the molecule is COc1nc(N)nn2cc([C@@H]3CN(C)CC3(F)F)c(-c3ccc4nnn([C@@H](C)CF)c4c3)c12. The predicted octanol–water partition coefficient (Wildman–Crippen LogP) is 2.93. The van der Waals surface area contributed by atoms with Crippen molar-refractivity contribution in [3.05, 3.63) is 30.0 Å². The fourth-order valence-corrected chi connectivity index (χ4v) is 4.58. The molecule has 2 atom stereocenters. The molecule has 0 aliphatic carbocycles. The van der Waals surface area contributed by atoms with E-state index in [2.05, 4.69) is 20.4 Å². The molecule has 9 nitrogen and oxygen atoms in total. The highest BCUT2D eigenvalue weighted by Gasteiger charge is 2.49. The van der Waals surface area contributed by atoms with Crippen molar-refractivity contribution in [3.8, 4) is 17.0 Å². The summed E-state index contributed by atoms with van der Waals surface area (Å²) in [4.78, 5) is 5.75. The molecule has 174 valence electrons. The number of anilines is 1. The summed E-state index contributed by atoms with van der Waals surface area (Å²) in [6, 6.07) is 4.75. The number of fused-ring (bicyclic) bond motifs is 2. The topological polar surface area (TPSA) is 99.4 Å². The molecule has 1 saturated heterocycles. The number of likely N-dealkylation sites (tertiary alicyclic amines) is 1. The van der Waals surface area contributed by atoms with Crippen LogP contribution >= 0.6 is 0 Å². The van der Waals surface area contributed by atoms with Crippen LogP contribution in [0.4, 0.5) is 19.1 Å². The van der Waals surface area contributed by atoms with Gasteiger partial charge in [0.2, 0.25) is 11.8 Å². The maximum Gasteiger partial charge on any atom is 0.268 e. The summed E-state index contributed by atoms with van der Waals surface area (Å²) in [7, 11) is 3.09. The van der Waals surface area contributed by atoms with Crippen molar-refractivity contribution in [1.82, 2.24) is 34.5 Å². The fourth-order valence-electron chi connectivity index (χ4n) is 4.58. The molecule has 0 radical (unpaired) electrons. The lowest BCUT2D eigenvalue weighted by atomic mass is 9.90. The maximum atomic E-state index is 15.0. The number of likely N-dealkylation sites (N-methyl/N-ethyl adjacent to an activating group) is 1. The Labute approximate surface area is 186 Å². The number of ether oxygens (including phenoxy) is 1. The zero-order valence-electron chi connectivity index (χ0n) is 18.3. The molecule has 3 aromatic heterocycles. The third-order valence-corrected chi connectivity index (χ3v) is 6.10. The van der Waals surface area contributed by atoms with Gasteiger partial charge in [-0.25, -0.2) is 22.4 Å². The number of alkyl halides is 3. The van der Waals surface area contributed by atoms with Crippen molar-refractivity contribution in [2.24, 2.45) is 0 Å². The van der Waals surface area contributed by atoms with Gasteiger partial charge < -0.3 is 10.5 Å². The normalized spacial score (nSPS) is 19.5. The first-order chi connectivity index (χ1) is 15.7. The van der Waals surface area contributed by atoms with Gasteiger partial charge in [-0.15, -0.1) is 10.2 Å². The summed E-state index contributed by atoms with van der Waals surface area (Å²) in [5, 5.41) is 12.4. The quantitative estimate of drug-likeness (QED) is 0.489. The van der Waals surface area contributed by atoms with Crippen molar-refractivity contribution in [2.75, 3.05) is 39.7 Å². The number of hydrogen-bond acceptors (Lipinski definition) is 7. The van der Waals surface area contributed by atoms with Crippen LogP contribution in [0.3, 0.4) is 0 Å². The van der Waals surface area contributed by atoms with Crippen LogP contribution in [-0.4, -0.2) is 74.3 Å². The first kappa shape index (κ1) is 21.4. The smallest absolute Gasteiger partial charge is 0.268 e. The van der Waals surface area contributed by atoms with Crippen LogP contribution in [-0.2, 0) is 0 Å². The van der Waals surface area contributed by atoms with E-state index in [-0.39, 0.29) is 24.9 Å². The maximum absolute atomic E-state index is 15.0. The molecule has 33 heavy (non-hydrogen) atoms. The third kappa shape index (κ3) is 3.36.